The van der Waals surface area contributed by atoms with E-state index in [-0.39, 0.29) is 0 Å². The van der Waals surface area contributed by atoms with Crippen molar-refractivity contribution in [2.75, 3.05) is 4.90 Å². The molecule has 0 saturated carbocycles. The highest BCUT2D eigenvalue weighted by Crippen LogP contribution is 2.43. The largest absolute Gasteiger partial charge is 0.302 e. The van der Waals surface area contributed by atoms with Crippen LogP contribution in [0.2, 0.25) is 0 Å². The minimum atomic E-state index is 1.13. The summed E-state index contributed by atoms with van der Waals surface area (Å²) in [5.41, 5.74) is 12.0. The van der Waals surface area contributed by atoms with Crippen LogP contribution in [0.5, 0.6) is 0 Å². The molecular weight excluding hydrogens is 623 g/mol. The summed E-state index contributed by atoms with van der Waals surface area (Å²) in [6, 6.07) is 72.3. The number of hydrogen-bond acceptors (Lipinski definition) is 2. The molecule has 0 atom stereocenters. The lowest BCUT2D eigenvalue weighted by molar-refractivity contribution is 1.32. The summed E-state index contributed by atoms with van der Waals surface area (Å²) in [6.07, 6.45) is 0. The molecule has 236 valence electrons. The number of benzene rings is 8. The molecular formula is C48H33NS. The molecule has 9 rings (SSSR count). The molecule has 0 aliphatic heterocycles. The number of thiophene rings is 1. The van der Waals surface area contributed by atoms with Gasteiger partial charge in [-0.3, -0.25) is 0 Å². The quantitative estimate of drug-likeness (QED) is 0.165. The lowest BCUT2D eigenvalue weighted by Gasteiger charge is -2.24. The Kier molecular flexibility index (Phi) is 7.77. The Labute approximate surface area is 297 Å². The molecule has 9 aromatic rings. The van der Waals surface area contributed by atoms with Gasteiger partial charge in [0.1, 0.15) is 5.00 Å². The van der Waals surface area contributed by atoms with Gasteiger partial charge in [-0.1, -0.05) is 158 Å². The zero-order chi connectivity index (χ0) is 33.3. The Morgan fingerprint density at radius 1 is 0.280 bits per heavy atom. The Hall–Kier alpha value is -6.22. The molecule has 0 radical (unpaired) electrons. The van der Waals surface area contributed by atoms with E-state index < -0.39 is 0 Å². The fraction of sp³-hybridized carbons (Fsp3) is 0. The van der Waals surface area contributed by atoms with E-state index in [9.17, 15) is 0 Å². The van der Waals surface area contributed by atoms with Gasteiger partial charge in [0.25, 0.3) is 0 Å². The van der Waals surface area contributed by atoms with E-state index in [2.05, 4.69) is 205 Å². The Bertz CT molecular complexity index is 2350. The Balaban J connectivity index is 1.06. The molecule has 1 heterocycles. The highest BCUT2D eigenvalue weighted by atomic mass is 32.1. The molecule has 2 heteroatoms. The van der Waals surface area contributed by atoms with E-state index in [0.717, 1.165) is 11.4 Å². The van der Waals surface area contributed by atoms with Crippen LogP contribution in [0, 0.1) is 0 Å². The number of fused-ring (bicyclic) bond motifs is 2. The first-order valence-corrected chi connectivity index (χ1v) is 17.8. The first kappa shape index (κ1) is 29.9. The number of anilines is 3. The van der Waals surface area contributed by atoms with E-state index in [1.807, 2.05) is 11.3 Å². The normalized spacial score (nSPS) is 11.2. The molecule has 0 bridgehead atoms. The maximum atomic E-state index is 2.39. The molecule has 0 unspecified atom stereocenters. The summed E-state index contributed by atoms with van der Waals surface area (Å²) < 4.78 is 1.29. The predicted octanol–water partition coefficient (Wildman–Crippen LogP) is 14.2. The van der Waals surface area contributed by atoms with Crippen LogP contribution in [0.1, 0.15) is 0 Å². The molecule has 0 amide bonds. The highest BCUT2D eigenvalue weighted by molar-refractivity contribution is 7.23. The van der Waals surface area contributed by atoms with Crippen LogP contribution < -0.4 is 4.90 Å². The third kappa shape index (κ3) is 5.87. The number of nitrogens with zero attached hydrogens (tertiary/aromatic N) is 1. The standard InChI is InChI=1S/C48H33NS/c1-3-9-34(10-4-1)36-15-19-38(20-16-36)40-23-27-45(28-24-40)49(48-33-44-31-42-13-7-8-14-43(42)32-47(44)50-48)46-29-25-41(26-30-46)39-21-17-37(18-22-39)35-11-5-2-6-12-35/h1-33H. The van der Waals surface area contributed by atoms with Gasteiger partial charge in [0.2, 0.25) is 0 Å². The van der Waals surface area contributed by atoms with Gasteiger partial charge >= 0.3 is 0 Å². The van der Waals surface area contributed by atoms with Crippen LogP contribution in [0.4, 0.5) is 16.4 Å². The molecule has 50 heavy (non-hydrogen) atoms. The smallest absolute Gasteiger partial charge is 0.101 e. The molecule has 8 aromatic carbocycles. The Morgan fingerprint density at radius 2 is 0.620 bits per heavy atom. The van der Waals surface area contributed by atoms with Gasteiger partial charge in [0.05, 0.1) is 0 Å². The lowest BCUT2D eigenvalue weighted by atomic mass is 9.99. The van der Waals surface area contributed by atoms with Crippen LogP contribution in [0.25, 0.3) is 65.4 Å². The molecule has 0 saturated heterocycles. The summed E-state index contributed by atoms with van der Waals surface area (Å²) in [5, 5.41) is 4.99. The van der Waals surface area contributed by atoms with Gasteiger partial charge in [-0.2, -0.15) is 0 Å². The van der Waals surface area contributed by atoms with Crippen molar-refractivity contribution in [3.05, 3.63) is 200 Å². The first-order chi connectivity index (χ1) is 24.7. The van der Waals surface area contributed by atoms with Crippen molar-refractivity contribution in [3.8, 4) is 44.5 Å². The zero-order valence-electron chi connectivity index (χ0n) is 27.4. The van der Waals surface area contributed by atoms with Crippen molar-refractivity contribution in [1.29, 1.82) is 0 Å². The predicted molar refractivity (Wildman–Crippen MR) is 216 cm³/mol. The van der Waals surface area contributed by atoms with Crippen molar-refractivity contribution < 1.29 is 0 Å². The zero-order valence-corrected chi connectivity index (χ0v) is 28.2. The van der Waals surface area contributed by atoms with Crippen molar-refractivity contribution in [2.24, 2.45) is 0 Å². The molecule has 0 aliphatic carbocycles. The minimum absolute atomic E-state index is 1.13. The second kappa shape index (κ2) is 13.0. The fourth-order valence-electron chi connectivity index (χ4n) is 6.80. The van der Waals surface area contributed by atoms with Crippen LogP contribution >= 0.6 is 11.3 Å². The maximum absolute atomic E-state index is 2.39. The minimum Gasteiger partial charge on any atom is -0.302 e. The van der Waals surface area contributed by atoms with Gasteiger partial charge in [-0.15, -0.1) is 11.3 Å². The van der Waals surface area contributed by atoms with Crippen LogP contribution in [0.15, 0.2) is 200 Å². The number of rotatable bonds is 7. The van der Waals surface area contributed by atoms with Crippen LogP contribution in [0.3, 0.4) is 0 Å². The van der Waals surface area contributed by atoms with E-state index >= 15 is 0 Å². The summed E-state index contributed by atoms with van der Waals surface area (Å²) in [7, 11) is 0. The summed E-state index contributed by atoms with van der Waals surface area (Å²) in [4.78, 5) is 2.39. The molecule has 0 spiro atoms. The van der Waals surface area contributed by atoms with Gasteiger partial charge in [0, 0.05) is 16.1 Å². The second-order valence-electron chi connectivity index (χ2n) is 12.6. The van der Waals surface area contributed by atoms with E-state index in [4.69, 9.17) is 0 Å². The average molecular weight is 656 g/mol. The van der Waals surface area contributed by atoms with Crippen molar-refractivity contribution in [3.63, 3.8) is 0 Å². The van der Waals surface area contributed by atoms with Crippen molar-refractivity contribution >= 4 is 48.6 Å². The fourth-order valence-corrected chi connectivity index (χ4v) is 7.94. The first-order valence-electron chi connectivity index (χ1n) is 17.0. The molecule has 0 N–H and O–H groups in total. The highest BCUT2D eigenvalue weighted by Gasteiger charge is 2.17. The topological polar surface area (TPSA) is 3.24 Å². The summed E-state index contributed by atoms with van der Waals surface area (Å²) in [5.74, 6) is 0. The molecule has 1 nitrogen and oxygen atoms in total. The molecule has 0 aliphatic rings. The monoisotopic (exact) mass is 655 g/mol. The number of hydrogen-bond donors (Lipinski definition) is 0. The van der Waals surface area contributed by atoms with Crippen molar-refractivity contribution in [1.82, 2.24) is 0 Å². The van der Waals surface area contributed by atoms with Crippen LogP contribution in [-0.2, 0) is 0 Å². The maximum Gasteiger partial charge on any atom is 0.101 e. The average Bonchev–Trinajstić information content (AvgIpc) is 3.60. The van der Waals surface area contributed by atoms with E-state index in [0.29, 0.717) is 0 Å². The van der Waals surface area contributed by atoms with Gasteiger partial charge < -0.3 is 4.90 Å². The van der Waals surface area contributed by atoms with Gasteiger partial charge in [0.15, 0.2) is 0 Å². The SMILES string of the molecule is c1ccc(-c2ccc(-c3ccc(N(c4ccc(-c5ccc(-c6ccccc6)cc5)cc4)c4cc5cc6ccccc6cc5s4)cc3)cc2)cc1. The lowest BCUT2D eigenvalue weighted by Crippen LogP contribution is -2.08. The second-order valence-corrected chi connectivity index (χ2v) is 13.7. The van der Waals surface area contributed by atoms with Crippen molar-refractivity contribution in [2.45, 2.75) is 0 Å². The Morgan fingerprint density at radius 3 is 1.04 bits per heavy atom. The van der Waals surface area contributed by atoms with Gasteiger partial charge in [-0.25, -0.2) is 0 Å². The van der Waals surface area contributed by atoms with E-state index in [1.165, 1.54) is 70.4 Å². The third-order valence-corrected chi connectivity index (χ3v) is 10.6. The molecule has 0 fully saturated rings. The van der Waals surface area contributed by atoms with Gasteiger partial charge in [-0.05, 0) is 103 Å². The summed E-state index contributed by atoms with van der Waals surface area (Å²) in [6.45, 7) is 0. The van der Waals surface area contributed by atoms with E-state index in [1.54, 1.807) is 0 Å². The third-order valence-electron chi connectivity index (χ3n) is 9.49. The van der Waals surface area contributed by atoms with Crippen LogP contribution in [-0.4, -0.2) is 0 Å². The summed E-state index contributed by atoms with van der Waals surface area (Å²) >= 11 is 1.84. The molecule has 1 aromatic heterocycles.